The SMILES string of the molecule is C=CC(C)OCCCCOc1ccc(C(=O)Oc2cc(C)c(Oc3cc(F)c(C=O)c(F)c3)c(C)c2C)cc1. The van der Waals surface area contributed by atoms with Crippen molar-refractivity contribution in [3.63, 3.8) is 0 Å². The molecule has 0 aliphatic rings. The molecular weight excluding hydrogens is 506 g/mol. The predicted molar refractivity (Wildman–Crippen MR) is 144 cm³/mol. The third-order valence-electron chi connectivity index (χ3n) is 6.18. The Bertz CT molecular complexity index is 1310. The number of esters is 1. The minimum atomic E-state index is -1.02. The van der Waals surface area contributed by atoms with Crippen LogP contribution in [0.2, 0.25) is 0 Å². The van der Waals surface area contributed by atoms with E-state index in [-0.39, 0.29) is 18.1 Å². The average molecular weight is 539 g/mol. The minimum Gasteiger partial charge on any atom is -0.494 e. The van der Waals surface area contributed by atoms with Crippen LogP contribution in [0.3, 0.4) is 0 Å². The fourth-order valence-corrected chi connectivity index (χ4v) is 3.71. The Morgan fingerprint density at radius 3 is 2.21 bits per heavy atom. The first kappa shape index (κ1) is 29.5. The zero-order valence-corrected chi connectivity index (χ0v) is 22.5. The van der Waals surface area contributed by atoms with Crippen molar-refractivity contribution >= 4 is 12.3 Å². The first-order chi connectivity index (χ1) is 18.6. The highest BCUT2D eigenvalue weighted by Gasteiger charge is 2.18. The molecule has 0 saturated heterocycles. The molecule has 0 fully saturated rings. The Balaban J connectivity index is 1.62. The highest BCUT2D eigenvalue weighted by molar-refractivity contribution is 5.91. The van der Waals surface area contributed by atoms with E-state index in [2.05, 4.69) is 6.58 Å². The summed E-state index contributed by atoms with van der Waals surface area (Å²) in [6.07, 6.45) is 3.60. The summed E-state index contributed by atoms with van der Waals surface area (Å²) in [5.74, 6) is -1.32. The fraction of sp³-hybridized carbons (Fsp3) is 0.290. The molecule has 0 radical (unpaired) electrons. The monoisotopic (exact) mass is 538 g/mol. The van der Waals surface area contributed by atoms with Gasteiger partial charge in [-0.3, -0.25) is 4.79 Å². The summed E-state index contributed by atoms with van der Waals surface area (Å²) < 4.78 is 50.7. The van der Waals surface area contributed by atoms with Crippen molar-refractivity contribution in [3.05, 3.63) is 94.6 Å². The Kier molecular flexibility index (Phi) is 10.3. The zero-order chi connectivity index (χ0) is 28.5. The van der Waals surface area contributed by atoms with Crippen molar-refractivity contribution in [3.8, 4) is 23.0 Å². The Morgan fingerprint density at radius 2 is 1.59 bits per heavy atom. The van der Waals surface area contributed by atoms with Gasteiger partial charge in [-0.15, -0.1) is 6.58 Å². The molecule has 0 heterocycles. The smallest absolute Gasteiger partial charge is 0.343 e. The summed E-state index contributed by atoms with van der Waals surface area (Å²) in [6.45, 7) is 12.0. The summed E-state index contributed by atoms with van der Waals surface area (Å²) in [4.78, 5) is 23.6. The lowest BCUT2D eigenvalue weighted by atomic mass is 10.0. The summed E-state index contributed by atoms with van der Waals surface area (Å²) in [5.41, 5.74) is 1.54. The highest BCUT2D eigenvalue weighted by Crippen LogP contribution is 2.37. The number of aldehydes is 1. The van der Waals surface area contributed by atoms with E-state index < -0.39 is 23.2 Å². The summed E-state index contributed by atoms with van der Waals surface area (Å²) in [7, 11) is 0. The third kappa shape index (κ3) is 7.74. The van der Waals surface area contributed by atoms with E-state index in [0.29, 0.717) is 52.7 Å². The molecule has 1 atom stereocenters. The number of aryl methyl sites for hydroxylation is 1. The molecule has 3 rings (SSSR count). The quantitative estimate of drug-likeness (QED) is 0.0739. The molecule has 3 aromatic rings. The molecule has 0 aromatic heterocycles. The van der Waals surface area contributed by atoms with Crippen molar-refractivity contribution in [2.24, 2.45) is 0 Å². The van der Waals surface area contributed by atoms with Gasteiger partial charge in [-0.05, 0) is 87.6 Å². The predicted octanol–water partition coefficient (Wildman–Crippen LogP) is 7.46. The Morgan fingerprint density at radius 1 is 0.949 bits per heavy atom. The molecular formula is C31H32F2O6. The van der Waals surface area contributed by atoms with Gasteiger partial charge in [-0.2, -0.15) is 0 Å². The number of hydrogen-bond donors (Lipinski definition) is 0. The van der Waals surface area contributed by atoms with Crippen LogP contribution in [0.25, 0.3) is 0 Å². The van der Waals surface area contributed by atoms with Gasteiger partial charge in [0.25, 0.3) is 0 Å². The topological polar surface area (TPSA) is 71.1 Å². The van der Waals surface area contributed by atoms with Crippen LogP contribution in [0, 0.1) is 32.4 Å². The van der Waals surface area contributed by atoms with Crippen molar-refractivity contribution in [2.45, 2.75) is 46.6 Å². The second-order valence-corrected chi connectivity index (χ2v) is 9.07. The largest absolute Gasteiger partial charge is 0.494 e. The maximum atomic E-state index is 14.0. The Hall–Kier alpha value is -4.04. The number of unbranched alkanes of at least 4 members (excludes halogenated alkanes) is 1. The molecule has 0 N–H and O–H groups in total. The fourth-order valence-electron chi connectivity index (χ4n) is 3.71. The molecule has 0 spiro atoms. The van der Waals surface area contributed by atoms with Crippen molar-refractivity contribution < 1.29 is 37.3 Å². The second kappa shape index (κ2) is 13.7. The lowest BCUT2D eigenvalue weighted by Crippen LogP contribution is -2.10. The molecule has 3 aromatic carbocycles. The van der Waals surface area contributed by atoms with Crippen LogP contribution in [0.4, 0.5) is 8.78 Å². The van der Waals surface area contributed by atoms with Crippen LogP contribution in [0.15, 0.2) is 55.1 Å². The molecule has 0 bridgehead atoms. The summed E-state index contributed by atoms with van der Waals surface area (Å²) in [5, 5.41) is 0. The van der Waals surface area contributed by atoms with Gasteiger partial charge in [-0.25, -0.2) is 13.6 Å². The van der Waals surface area contributed by atoms with E-state index in [4.69, 9.17) is 18.9 Å². The van der Waals surface area contributed by atoms with Crippen molar-refractivity contribution in [1.82, 2.24) is 0 Å². The molecule has 0 aliphatic carbocycles. The molecule has 0 amide bonds. The van der Waals surface area contributed by atoms with Gasteiger partial charge in [0.05, 0.1) is 23.8 Å². The van der Waals surface area contributed by atoms with Gasteiger partial charge >= 0.3 is 5.97 Å². The van der Waals surface area contributed by atoms with Gasteiger partial charge in [0.15, 0.2) is 6.29 Å². The first-order valence-corrected chi connectivity index (χ1v) is 12.6. The van der Waals surface area contributed by atoms with Gasteiger partial charge in [0, 0.05) is 18.7 Å². The number of hydrogen-bond acceptors (Lipinski definition) is 6. The van der Waals surface area contributed by atoms with E-state index >= 15 is 0 Å². The highest BCUT2D eigenvalue weighted by atomic mass is 19.1. The van der Waals surface area contributed by atoms with E-state index in [0.717, 1.165) is 25.0 Å². The minimum absolute atomic E-state index is 0.0334. The first-order valence-electron chi connectivity index (χ1n) is 12.6. The number of benzene rings is 3. The van der Waals surface area contributed by atoms with Gasteiger partial charge in [0.2, 0.25) is 0 Å². The van der Waals surface area contributed by atoms with Crippen molar-refractivity contribution in [2.75, 3.05) is 13.2 Å². The number of carbonyl (C=O) groups is 2. The van der Waals surface area contributed by atoms with E-state index in [1.54, 1.807) is 57.2 Å². The zero-order valence-electron chi connectivity index (χ0n) is 22.5. The van der Waals surface area contributed by atoms with Crippen molar-refractivity contribution in [1.29, 1.82) is 0 Å². The molecule has 0 aliphatic heterocycles. The van der Waals surface area contributed by atoms with Crippen LogP contribution >= 0.6 is 0 Å². The van der Waals surface area contributed by atoms with Gasteiger partial charge in [0.1, 0.15) is 34.6 Å². The standard InChI is InChI=1S/C31H32F2O6/c1-6-20(3)36-13-7-8-14-37-24-11-9-23(10-12-24)31(35)39-29-15-19(2)30(22(5)21(29)4)38-25-16-27(32)26(18-34)28(33)17-25/h6,9-12,15-18,20H,1,7-8,13-14H2,2-5H3. The summed E-state index contributed by atoms with van der Waals surface area (Å²) >= 11 is 0. The molecule has 1 unspecified atom stereocenters. The molecule has 0 saturated carbocycles. The lowest BCUT2D eigenvalue weighted by molar-refractivity contribution is 0.0733. The number of ether oxygens (including phenoxy) is 4. The maximum Gasteiger partial charge on any atom is 0.343 e. The molecule has 39 heavy (non-hydrogen) atoms. The number of rotatable bonds is 13. The van der Waals surface area contributed by atoms with Crippen LogP contribution in [0.1, 0.15) is 57.2 Å². The summed E-state index contributed by atoms with van der Waals surface area (Å²) in [6, 6.07) is 10.2. The Labute approximate surface area is 227 Å². The lowest BCUT2D eigenvalue weighted by Gasteiger charge is -2.17. The van der Waals surface area contributed by atoms with Crippen LogP contribution in [-0.2, 0) is 4.74 Å². The molecule has 206 valence electrons. The number of halogens is 2. The van der Waals surface area contributed by atoms with E-state index in [1.165, 1.54) is 0 Å². The molecule has 6 nitrogen and oxygen atoms in total. The van der Waals surface area contributed by atoms with Crippen LogP contribution < -0.4 is 14.2 Å². The normalized spacial score (nSPS) is 11.5. The number of carbonyl (C=O) groups excluding carboxylic acids is 2. The van der Waals surface area contributed by atoms with Gasteiger partial charge < -0.3 is 18.9 Å². The van der Waals surface area contributed by atoms with Gasteiger partial charge in [-0.1, -0.05) is 6.08 Å². The third-order valence-corrected chi connectivity index (χ3v) is 6.18. The van der Waals surface area contributed by atoms with E-state index in [1.807, 2.05) is 6.92 Å². The average Bonchev–Trinajstić information content (AvgIpc) is 2.91. The van der Waals surface area contributed by atoms with Crippen LogP contribution in [-0.4, -0.2) is 31.6 Å². The van der Waals surface area contributed by atoms with E-state index in [9.17, 15) is 18.4 Å². The van der Waals surface area contributed by atoms with Crippen LogP contribution in [0.5, 0.6) is 23.0 Å². The second-order valence-electron chi connectivity index (χ2n) is 9.07. The molecule has 8 heteroatoms. The maximum absolute atomic E-state index is 14.0.